The van der Waals surface area contributed by atoms with Gasteiger partial charge in [-0.15, -0.1) is 0 Å². The minimum atomic E-state index is -0.247. The molecule has 1 aliphatic heterocycles. The smallest absolute Gasteiger partial charge is 0.275 e. The van der Waals surface area contributed by atoms with Gasteiger partial charge in [0.05, 0.1) is 19.3 Å². The van der Waals surface area contributed by atoms with E-state index in [-0.39, 0.29) is 24.2 Å². The van der Waals surface area contributed by atoms with Crippen molar-refractivity contribution in [2.75, 3.05) is 19.8 Å². The molecule has 4 rings (SSSR count). The van der Waals surface area contributed by atoms with Gasteiger partial charge in [0.1, 0.15) is 0 Å². The highest BCUT2D eigenvalue weighted by Crippen LogP contribution is 2.25. The number of morpholine rings is 1. The van der Waals surface area contributed by atoms with Crippen molar-refractivity contribution in [1.29, 1.82) is 0 Å². The van der Waals surface area contributed by atoms with Crippen LogP contribution in [0.25, 0.3) is 0 Å². The lowest BCUT2D eigenvalue weighted by Gasteiger charge is -2.35. The van der Waals surface area contributed by atoms with Gasteiger partial charge in [-0.1, -0.05) is 30.3 Å². The molecular formula is C19H21N3O3. The summed E-state index contributed by atoms with van der Waals surface area (Å²) in [6.45, 7) is 1.37. The monoisotopic (exact) mass is 339 g/mol. The zero-order valence-electron chi connectivity index (χ0n) is 14.0. The molecule has 0 saturated carbocycles. The molecule has 6 heteroatoms. The Morgan fingerprint density at radius 3 is 2.92 bits per heavy atom. The first-order valence-electron chi connectivity index (χ1n) is 8.77. The summed E-state index contributed by atoms with van der Waals surface area (Å²) in [4.78, 5) is 27.3. The number of aryl methyl sites for hydroxylation is 1. The number of ketones is 1. The van der Waals surface area contributed by atoms with Crippen molar-refractivity contribution in [3.05, 3.63) is 52.8 Å². The number of carbonyl (C=O) groups is 2. The van der Waals surface area contributed by atoms with Gasteiger partial charge < -0.3 is 9.64 Å². The molecule has 1 aromatic heterocycles. The Morgan fingerprint density at radius 1 is 1.24 bits per heavy atom. The number of aromatic amines is 1. The Labute approximate surface area is 146 Å². The van der Waals surface area contributed by atoms with Gasteiger partial charge in [-0.2, -0.15) is 5.10 Å². The van der Waals surface area contributed by atoms with Gasteiger partial charge >= 0.3 is 0 Å². The number of hydrogen-bond donors (Lipinski definition) is 1. The molecule has 6 nitrogen and oxygen atoms in total. The maximum Gasteiger partial charge on any atom is 0.275 e. The van der Waals surface area contributed by atoms with Crippen LogP contribution in [-0.2, 0) is 17.6 Å². The zero-order valence-corrected chi connectivity index (χ0v) is 14.0. The zero-order chi connectivity index (χ0) is 17.2. The molecular weight excluding hydrogens is 318 g/mol. The molecule has 25 heavy (non-hydrogen) atoms. The Morgan fingerprint density at radius 2 is 2.08 bits per heavy atom. The highest BCUT2D eigenvalue weighted by Gasteiger charge is 2.33. The first kappa shape index (κ1) is 16.0. The maximum absolute atomic E-state index is 13.0. The van der Waals surface area contributed by atoms with Crippen molar-refractivity contribution in [2.24, 2.45) is 0 Å². The van der Waals surface area contributed by atoms with E-state index in [1.807, 2.05) is 18.2 Å². The van der Waals surface area contributed by atoms with Crippen LogP contribution in [0.4, 0.5) is 0 Å². The lowest BCUT2D eigenvalue weighted by atomic mass is 10.0. The standard InChI is InChI=1S/C19H21N3O3/c23-17(13-5-2-1-3-6-13)11-14-12-25-10-9-22(14)19(24)18-15-7-4-8-16(15)20-21-18/h1-3,5-6,14H,4,7-12H2,(H,20,21)/t14-/m1/s1. The van der Waals surface area contributed by atoms with Crippen LogP contribution in [-0.4, -0.2) is 52.6 Å². The number of amides is 1. The molecule has 1 aromatic carbocycles. The Bertz CT molecular complexity index is 784. The fourth-order valence-electron chi connectivity index (χ4n) is 3.68. The number of hydrogen-bond acceptors (Lipinski definition) is 4. The fraction of sp³-hybridized carbons (Fsp3) is 0.421. The van der Waals surface area contributed by atoms with E-state index in [0.29, 0.717) is 31.0 Å². The van der Waals surface area contributed by atoms with Gasteiger partial charge in [0, 0.05) is 29.8 Å². The highest BCUT2D eigenvalue weighted by molar-refractivity contribution is 5.98. The Balaban J connectivity index is 1.52. The van der Waals surface area contributed by atoms with E-state index in [1.54, 1.807) is 17.0 Å². The molecule has 1 aliphatic carbocycles. The van der Waals surface area contributed by atoms with E-state index in [1.165, 1.54) is 0 Å². The molecule has 0 radical (unpaired) electrons. The third-order valence-corrected chi connectivity index (χ3v) is 5.01. The van der Waals surface area contributed by atoms with Crippen molar-refractivity contribution in [1.82, 2.24) is 15.1 Å². The van der Waals surface area contributed by atoms with Crippen LogP contribution in [0.5, 0.6) is 0 Å². The number of ether oxygens (including phenoxy) is 1. The van der Waals surface area contributed by atoms with Crippen LogP contribution in [0.1, 0.15) is 44.9 Å². The van der Waals surface area contributed by atoms with E-state index in [9.17, 15) is 9.59 Å². The molecule has 130 valence electrons. The molecule has 2 aromatic rings. The number of nitrogens with zero attached hydrogens (tertiary/aromatic N) is 2. The van der Waals surface area contributed by atoms with Crippen molar-refractivity contribution >= 4 is 11.7 Å². The average molecular weight is 339 g/mol. The average Bonchev–Trinajstić information content (AvgIpc) is 3.26. The molecule has 1 fully saturated rings. The van der Waals surface area contributed by atoms with E-state index < -0.39 is 0 Å². The van der Waals surface area contributed by atoms with E-state index in [4.69, 9.17) is 4.74 Å². The van der Waals surface area contributed by atoms with Gasteiger partial charge in [0.15, 0.2) is 11.5 Å². The number of fused-ring (bicyclic) bond motifs is 1. The minimum absolute atomic E-state index is 0.0288. The summed E-state index contributed by atoms with van der Waals surface area (Å²) in [5.41, 5.74) is 3.31. The summed E-state index contributed by atoms with van der Waals surface area (Å²) < 4.78 is 5.53. The van der Waals surface area contributed by atoms with Crippen LogP contribution in [0.15, 0.2) is 30.3 Å². The van der Waals surface area contributed by atoms with Crippen LogP contribution in [0.3, 0.4) is 0 Å². The van der Waals surface area contributed by atoms with Crippen LogP contribution < -0.4 is 0 Å². The van der Waals surface area contributed by atoms with Gasteiger partial charge in [0.25, 0.3) is 5.91 Å². The second kappa shape index (κ2) is 6.80. The normalized spacial score (nSPS) is 19.7. The second-order valence-electron chi connectivity index (χ2n) is 6.60. The van der Waals surface area contributed by atoms with Crippen LogP contribution >= 0.6 is 0 Å². The number of nitrogens with one attached hydrogen (secondary N) is 1. The second-order valence-corrected chi connectivity index (χ2v) is 6.60. The third kappa shape index (κ3) is 3.09. The molecule has 0 bridgehead atoms. The molecule has 2 heterocycles. The Kier molecular flexibility index (Phi) is 4.36. The van der Waals surface area contributed by atoms with Crippen LogP contribution in [0, 0.1) is 0 Å². The van der Waals surface area contributed by atoms with E-state index >= 15 is 0 Å². The summed E-state index contributed by atoms with van der Waals surface area (Å²) in [6.07, 6.45) is 3.17. The molecule has 0 unspecified atom stereocenters. The Hall–Kier alpha value is -2.47. The SMILES string of the molecule is O=C(C[C@@H]1COCCN1C(=O)c1n[nH]c2c1CCC2)c1ccccc1. The highest BCUT2D eigenvalue weighted by atomic mass is 16.5. The largest absolute Gasteiger partial charge is 0.377 e. The number of benzene rings is 1. The number of Topliss-reactive ketones (excluding diaryl/α,β-unsaturated/α-hetero) is 1. The molecule has 2 aliphatic rings. The van der Waals surface area contributed by atoms with Crippen molar-refractivity contribution in [3.63, 3.8) is 0 Å². The van der Waals surface area contributed by atoms with Gasteiger partial charge in [-0.25, -0.2) is 0 Å². The summed E-state index contributed by atoms with van der Waals surface area (Å²) in [5, 5.41) is 7.23. The summed E-state index contributed by atoms with van der Waals surface area (Å²) in [5.74, 6) is -0.0604. The van der Waals surface area contributed by atoms with Crippen molar-refractivity contribution in [2.45, 2.75) is 31.7 Å². The van der Waals surface area contributed by atoms with E-state index in [2.05, 4.69) is 10.2 Å². The van der Waals surface area contributed by atoms with Gasteiger partial charge in [0.2, 0.25) is 0 Å². The predicted octanol–water partition coefficient (Wildman–Crippen LogP) is 2.01. The minimum Gasteiger partial charge on any atom is -0.377 e. The molecule has 0 spiro atoms. The quantitative estimate of drug-likeness (QED) is 0.865. The lowest BCUT2D eigenvalue weighted by molar-refractivity contribution is -0.00316. The lowest BCUT2D eigenvalue weighted by Crippen LogP contribution is -2.49. The topological polar surface area (TPSA) is 75.3 Å². The van der Waals surface area contributed by atoms with Gasteiger partial charge in [-0.05, 0) is 19.3 Å². The molecule has 1 saturated heterocycles. The summed E-state index contributed by atoms with van der Waals surface area (Å²) in [7, 11) is 0. The van der Waals surface area contributed by atoms with Gasteiger partial charge in [-0.3, -0.25) is 14.7 Å². The fourth-order valence-corrected chi connectivity index (χ4v) is 3.68. The third-order valence-electron chi connectivity index (χ3n) is 5.01. The van der Waals surface area contributed by atoms with Crippen molar-refractivity contribution in [3.8, 4) is 0 Å². The predicted molar refractivity (Wildman–Crippen MR) is 91.6 cm³/mol. The first-order valence-corrected chi connectivity index (χ1v) is 8.77. The maximum atomic E-state index is 13.0. The first-order chi connectivity index (χ1) is 12.2. The molecule has 1 amide bonds. The summed E-state index contributed by atoms with van der Waals surface area (Å²) in [6, 6.07) is 8.94. The summed E-state index contributed by atoms with van der Waals surface area (Å²) >= 11 is 0. The van der Waals surface area contributed by atoms with Crippen molar-refractivity contribution < 1.29 is 14.3 Å². The molecule has 1 N–H and O–H groups in total. The number of H-pyrrole nitrogens is 1. The van der Waals surface area contributed by atoms with E-state index in [0.717, 1.165) is 30.5 Å². The number of carbonyl (C=O) groups excluding carboxylic acids is 2. The van der Waals surface area contributed by atoms with Crippen LogP contribution in [0.2, 0.25) is 0 Å². The number of aromatic nitrogens is 2. The molecule has 1 atom stereocenters. The number of rotatable bonds is 4.